The highest BCUT2D eigenvalue weighted by Crippen LogP contribution is 2.13. The van der Waals surface area contributed by atoms with Crippen molar-refractivity contribution in [3.8, 4) is 0 Å². The molecule has 0 spiro atoms. The monoisotopic (exact) mass is 215 g/mol. The lowest BCUT2D eigenvalue weighted by Gasteiger charge is -2.20. The molecule has 15 heavy (non-hydrogen) atoms. The second-order valence-corrected chi connectivity index (χ2v) is 4.62. The molecule has 1 fully saturated rings. The van der Waals surface area contributed by atoms with E-state index < -0.39 is 6.09 Å². The Morgan fingerprint density at radius 3 is 2.73 bits per heavy atom. The van der Waals surface area contributed by atoms with Gasteiger partial charge in [-0.2, -0.15) is 0 Å². The van der Waals surface area contributed by atoms with Crippen molar-refractivity contribution in [1.82, 2.24) is 5.32 Å². The van der Waals surface area contributed by atoms with E-state index in [4.69, 9.17) is 9.47 Å². The highest BCUT2D eigenvalue weighted by atomic mass is 16.6. The first-order valence-corrected chi connectivity index (χ1v) is 5.01. The summed E-state index contributed by atoms with van der Waals surface area (Å²) < 4.78 is 9.82. The summed E-state index contributed by atoms with van der Waals surface area (Å²) >= 11 is 0. The third-order valence-electron chi connectivity index (χ3n) is 1.85. The zero-order chi connectivity index (χ0) is 11.5. The van der Waals surface area contributed by atoms with Gasteiger partial charge in [-0.25, -0.2) is 4.79 Å². The molecule has 1 aliphatic rings. The molecule has 5 heteroatoms. The molecule has 1 amide bonds. The molecule has 0 aromatic rings. The highest BCUT2D eigenvalue weighted by Gasteiger charge is 2.25. The van der Waals surface area contributed by atoms with E-state index in [2.05, 4.69) is 5.32 Å². The number of carbonyl (C=O) groups excluding carboxylic acids is 2. The van der Waals surface area contributed by atoms with Gasteiger partial charge in [0.25, 0.3) is 0 Å². The number of rotatable bonds is 2. The van der Waals surface area contributed by atoms with Gasteiger partial charge in [-0.3, -0.25) is 4.79 Å². The Bertz CT molecular complexity index is 257. The van der Waals surface area contributed by atoms with Crippen molar-refractivity contribution in [2.45, 2.75) is 45.3 Å². The first-order chi connectivity index (χ1) is 6.87. The van der Waals surface area contributed by atoms with Gasteiger partial charge >= 0.3 is 12.1 Å². The van der Waals surface area contributed by atoms with Gasteiger partial charge in [-0.05, 0) is 27.2 Å². The number of alkyl carbamates (subject to hydrolysis) is 1. The van der Waals surface area contributed by atoms with Crippen molar-refractivity contribution in [3.63, 3.8) is 0 Å². The van der Waals surface area contributed by atoms with Crippen LogP contribution in [-0.4, -0.2) is 30.3 Å². The maximum Gasteiger partial charge on any atom is 0.407 e. The maximum absolute atomic E-state index is 11.2. The van der Waals surface area contributed by atoms with Crippen molar-refractivity contribution < 1.29 is 19.1 Å². The van der Waals surface area contributed by atoms with Crippen LogP contribution in [0.3, 0.4) is 0 Å². The molecule has 0 bridgehead atoms. The van der Waals surface area contributed by atoms with Crippen molar-refractivity contribution in [3.05, 3.63) is 0 Å². The topological polar surface area (TPSA) is 64.6 Å². The molecule has 1 heterocycles. The molecule has 1 N–H and O–H groups in total. The van der Waals surface area contributed by atoms with Crippen LogP contribution in [0.5, 0.6) is 0 Å². The lowest BCUT2D eigenvalue weighted by Crippen LogP contribution is -2.41. The van der Waals surface area contributed by atoms with Crippen molar-refractivity contribution in [1.29, 1.82) is 0 Å². The van der Waals surface area contributed by atoms with Crippen LogP contribution < -0.4 is 5.32 Å². The molecule has 86 valence electrons. The van der Waals surface area contributed by atoms with E-state index >= 15 is 0 Å². The number of esters is 1. The van der Waals surface area contributed by atoms with Gasteiger partial charge in [0.05, 0.1) is 0 Å². The predicted molar refractivity (Wildman–Crippen MR) is 53.4 cm³/mol. The average Bonchev–Trinajstić information content (AvgIpc) is 2.45. The van der Waals surface area contributed by atoms with Crippen LogP contribution in [0, 0.1) is 0 Å². The summed E-state index contributed by atoms with van der Waals surface area (Å²) in [6.07, 6.45) is 0.282. The fraction of sp³-hybridized carbons (Fsp3) is 0.800. The Kier molecular flexibility index (Phi) is 3.55. The van der Waals surface area contributed by atoms with E-state index in [9.17, 15) is 9.59 Å². The molecule has 5 nitrogen and oxygen atoms in total. The Labute approximate surface area is 89.1 Å². The van der Waals surface area contributed by atoms with Gasteiger partial charge in [0.1, 0.15) is 12.7 Å². The minimum atomic E-state index is -0.481. The molecule has 0 aromatic carbocycles. The first-order valence-electron chi connectivity index (χ1n) is 5.01. The summed E-state index contributed by atoms with van der Waals surface area (Å²) in [6, 6.07) is 0. The van der Waals surface area contributed by atoms with Gasteiger partial charge in [-0.15, -0.1) is 0 Å². The van der Waals surface area contributed by atoms with Crippen LogP contribution in [0.4, 0.5) is 4.79 Å². The van der Waals surface area contributed by atoms with Gasteiger partial charge in [0.15, 0.2) is 0 Å². The molecule has 1 aliphatic heterocycles. The number of amides is 1. The van der Waals surface area contributed by atoms with Crippen LogP contribution in [-0.2, 0) is 14.3 Å². The number of ether oxygens (including phenoxy) is 2. The number of cyclic esters (lactones) is 1. The third kappa shape index (κ3) is 4.67. The molecule has 1 unspecified atom stereocenters. The fourth-order valence-corrected chi connectivity index (χ4v) is 1.21. The summed E-state index contributed by atoms with van der Waals surface area (Å²) in [5, 5.41) is 2.65. The zero-order valence-corrected chi connectivity index (χ0v) is 9.33. The summed E-state index contributed by atoms with van der Waals surface area (Å²) in [7, 11) is 0. The predicted octanol–water partition coefficient (Wildman–Crippen LogP) is 1.22. The Morgan fingerprint density at radius 1 is 1.60 bits per heavy atom. The van der Waals surface area contributed by atoms with Gasteiger partial charge < -0.3 is 14.8 Å². The van der Waals surface area contributed by atoms with E-state index in [0.717, 1.165) is 0 Å². The quantitative estimate of drug-likeness (QED) is 0.703. The standard InChI is InChI=1S/C10H17NO4/c1-10(2,3)11-9(13)14-6-7-4-5-8(12)15-7/h7H,4-6H2,1-3H3,(H,11,13). The number of hydrogen-bond donors (Lipinski definition) is 1. The minimum Gasteiger partial charge on any atom is -0.459 e. The normalized spacial score (nSPS) is 21.0. The lowest BCUT2D eigenvalue weighted by atomic mass is 10.1. The van der Waals surface area contributed by atoms with Crippen LogP contribution in [0.25, 0.3) is 0 Å². The highest BCUT2D eigenvalue weighted by molar-refractivity contribution is 5.71. The first kappa shape index (κ1) is 11.8. The largest absolute Gasteiger partial charge is 0.459 e. The molecule has 0 aromatic heterocycles. The summed E-state index contributed by atoms with van der Waals surface area (Å²) in [4.78, 5) is 22.0. The lowest BCUT2D eigenvalue weighted by molar-refractivity contribution is -0.142. The summed E-state index contributed by atoms with van der Waals surface area (Å²) in [6.45, 7) is 5.73. The van der Waals surface area contributed by atoms with E-state index in [0.29, 0.717) is 12.8 Å². The van der Waals surface area contributed by atoms with Gasteiger partial charge in [0.2, 0.25) is 0 Å². The van der Waals surface area contributed by atoms with Crippen LogP contribution >= 0.6 is 0 Å². The van der Waals surface area contributed by atoms with Crippen LogP contribution in [0.2, 0.25) is 0 Å². The van der Waals surface area contributed by atoms with Crippen molar-refractivity contribution in [2.75, 3.05) is 6.61 Å². The van der Waals surface area contributed by atoms with E-state index in [1.54, 1.807) is 0 Å². The molecule has 0 saturated carbocycles. The fourth-order valence-electron chi connectivity index (χ4n) is 1.21. The smallest absolute Gasteiger partial charge is 0.407 e. The Hall–Kier alpha value is -1.26. The maximum atomic E-state index is 11.2. The Balaban J connectivity index is 2.20. The molecule has 1 rings (SSSR count). The molecule has 1 atom stereocenters. The van der Waals surface area contributed by atoms with Crippen molar-refractivity contribution >= 4 is 12.1 Å². The number of hydrogen-bond acceptors (Lipinski definition) is 4. The second kappa shape index (κ2) is 4.51. The average molecular weight is 215 g/mol. The molecular weight excluding hydrogens is 198 g/mol. The van der Waals surface area contributed by atoms with Gasteiger partial charge in [0, 0.05) is 12.0 Å². The van der Waals surface area contributed by atoms with E-state index in [1.165, 1.54) is 0 Å². The van der Waals surface area contributed by atoms with E-state index in [1.807, 2.05) is 20.8 Å². The molecular formula is C10H17NO4. The molecule has 0 aliphatic carbocycles. The van der Waals surface area contributed by atoms with Crippen LogP contribution in [0.1, 0.15) is 33.6 Å². The number of nitrogens with one attached hydrogen (secondary N) is 1. The van der Waals surface area contributed by atoms with Crippen molar-refractivity contribution in [2.24, 2.45) is 0 Å². The van der Waals surface area contributed by atoms with E-state index in [-0.39, 0.29) is 24.2 Å². The third-order valence-corrected chi connectivity index (χ3v) is 1.85. The van der Waals surface area contributed by atoms with Gasteiger partial charge in [-0.1, -0.05) is 0 Å². The molecule has 0 radical (unpaired) electrons. The summed E-state index contributed by atoms with van der Waals surface area (Å²) in [5.41, 5.74) is -0.316. The molecule has 1 saturated heterocycles. The summed E-state index contributed by atoms with van der Waals surface area (Å²) in [5.74, 6) is -0.222. The number of carbonyl (C=O) groups is 2. The zero-order valence-electron chi connectivity index (χ0n) is 9.33. The SMILES string of the molecule is CC(C)(C)NC(=O)OCC1CCC(=O)O1. The van der Waals surface area contributed by atoms with Crippen LogP contribution in [0.15, 0.2) is 0 Å². The minimum absolute atomic E-state index is 0.133. The second-order valence-electron chi connectivity index (χ2n) is 4.62. The Morgan fingerprint density at radius 2 is 2.27 bits per heavy atom.